The zero-order valence-corrected chi connectivity index (χ0v) is 14.3. The lowest BCUT2D eigenvalue weighted by atomic mass is 10.1. The number of hydrogen-bond acceptors (Lipinski definition) is 3. The fourth-order valence-electron chi connectivity index (χ4n) is 2.68. The van der Waals surface area contributed by atoms with E-state index in [2.05, 4.69) is 10.9 Å². The number of halogens is 2. The molecule has 2 aromatic rings. The zero-order chi connectivity index (χ0) is 18.7. The van der Waals surface area contributed by atoms with Crippen molar-refractivity contribution in [3.63, 3.8) is 0 Å². The van der Waals surface area contributed by atoms with Crippen molar-refractivity contribution < 1.29 is 18.8 Å². The number of hydrazine groups is 1. The Balaban J connectivity index is 1.58. The second-order valence-corrected chi connectivity index (χ2v) is 6.27. The number of rotatable bonds is 3. The van der Waals surface area contributed by atoms with E-state index in [1.54, 1.807) is 24.3 Å². The predicted octanol–water partition coefficient (Wildman–Crippen LogP) is 2.29. The van der Waals surface area contributed by atoms with E-state index >= 15 is 0 Å². The van der Waals surface area contributed by atoms with Gasteiger partial charge in [-0.05, 0) is 42.5 Å². The van der Waals surface area contributed by atoms with Gasteiger partial charge >= 0.3 is 0 Å². The van der Waals surface area contributed by atoms with Crippen molar-refractivity contribution in [2.24, 2.45) is 5.92 Å². The molecule has 1 heterocycles. The average Bonchev–Trinajstić information content (AvgIpc) is 3.02. The van der Waals surface area contributed by atoms with E-state index in [9.17, 15) is 18.8 Å². The second-order valence-electron chi connectivity index (χ2n) is 5.84. The SMILES string of the molecule is O=C(NNC(=O)[C@H]1CC(=O)N(c2ccc(Cl)cc2)C1)c1cccc(F)c1. The number of amides is 3. The maximum absolute atomic E-state index is 13.1. The van der Waals surface area contributed by atoms with Gasteiger partial charge in [0.2, 0.25) is 11.8 Å². The lowest BCUT2D eigenvalue weighted by Crippen LogP contribution is -2.45. The molecule has 3 amide bonds. The maximum atomic E-state index is 13.1. The molecule has 1 saturated heterocycles. The molecule has 3 rings (SSSR count). The summed E-state index contributed by atoms with van der Waals surface area (Å²) in [4.78, 5) is 37.8. The average molecular weight is 376 g/mol. The second kappa shape index (κ2) is 7.53. The highest BCUT2D eigenvalue weighted by Crippen LogP contribution is 2.26. The Morgan fingerprint density at radius 3 is 2.54 bits per heavy atom. The molecule has 1 aliphatic heterocycles. The van der Waals surface area contributed by atoms with Crippen molar-refractivity contribution in [1.29, 1.82) is 0 Å². The van der Waals surface area contributed by atoms with Crippen LogP contribution in [0.1, 0.15) is 16.8 Å². The third-order valence-corrected chi connectivity index (χ3v) is 4.27. The Kier molecular flexibility index (Phi) is 5.18. The number of benzene rings is 2. The highest BCUT2D eigenvalue weighted by Gasteiger charge is 2.35. The van der Waals surface area contributed by atoms with Crippen molar-refractivity contribution >= 4 is 35.0 Å². The monoisotopic (exact) mass is 375 g/mol. The minimum atomic E-state index is -0.642. The maximum Gasteiger partial charge on any atom is 0.269 e. The van der Waals surface area contributed by atoms with E-state index in [-0.39, 0.29) is 24.4 Å². The van der Waals surface area contributed by atoms with Crippen molar-refractivity contribution in [2.75, 3.05) is 11.4 Å². The van der Waals surface area contributed by atoms with Gasteiger partial charge in [-0.15, -0.1) is 0 Å². The fraction of sp³-hybridized carbons (Fsp3) is 0.167. The predicted molar refractivity (Wildman–Crippen MR) is 93.9 cm³/mol. The van der Waals surface area contributed by atoms with Gasteiger partial charge in [0.25, 0.3) is 5.91 Å². The van der Waals surface area contributed by atoms with Crippen LogP contribution in [0.5, 0.6) is 0 Å². The highest BCUT2D eigenvalue weighted by molar-refractivity contribution is 6.30. The molecule has 1 atom stereocenters. The molecular formula is C18H15ClFN3O3. The van der Waals surface area contributed by atoms with Gasteiger partial charge in [-0.3, -0.25) is 25.2 Å². The zero-order valence-electron chi connectivity index (χ0n) is 13.5. The summed E-state index contributed by atoms with van der Waals surface area (Å²) in [5.41, 5.74) is 5.24. The number of hydrogen-bond donors (Lipinski definition) is 2. The summed E-state index contributed by atoms with van der Waals surface area (Å²) in [6.07, 6.45) is 0.0320. The molecular weight excluding hydrogens is 361 g/mol. The Labute approximate surface area is 153 Å². The summed E-state index contributed by atoms with van der Waals surface area (Å²) >= 11 is 5.83. The van der Waals surface area contributed by atoms with Crippen LogP contribution in [-0.4, -0.2) is 24.3 Å². The van der Waals surface area contributed by atoms with Gasteiger partial charge in [0, 0.05) is 29.2 Å². The minimum absolute atomic E-state index is 0.0320. The minimum Gasteiger partial charge on any atom is -0.312 e. The summed E-state index contributed by atoms with van der Waals surface area (Å²) in [7, 11) is 0. The van der Waals surface area contributed by atoms with E-state index < -0.39 is 23.5 Å². The topological polar surface area (TPSA) is 78.5 Å². The van der Waals surface area contributed by atoms with E-state index in [0.717, 1.165) is 6.07 Å². The highest BCUT2D eigenvalue weighted by atomic mass is 35.5. The fourth-order valence-corrected chi connectivity index (χ4v) is 2.80. The molecule has 1 aliphatic rings. The first kappa shape index (κ1) is 17.9. The molecule has 26 heavy (non-hydrogen) atoms. The third kappa shape index (κ3) is 4.00. The first-order valence-electron chi connectivity index (χ1n) is 7.86. The molecule has 0 aromatic heterocycles. The summed E-state index contributed by atoms with van der Waals surface area (Å²) < 4.78 is 13.1. The van der Waals surface area contributed by atoms with Gasteiger partial charge < -0.3 is 4.90 Å². The standard InChI is InChI=1S/C18H15ClFN3O3/c19-13-4-6-15(7-5-13)23-10-12(9-16(23)24)18(26)22-21-17(25)11-2-1-3-14(20)8-11/h1-8,12H,9-10H2,(H,21,25)(H,22,26)/t12-/m0/s1. The van der Waals surface area contributed by atoms with E-state index in [1.165, 1.54) is 23.1 Å². The van der Waals surface area contributed by atoms with Gasteiger partial charge in [0.15, 0.2) is 0 Å². The molecule has 0 saturated carbocycles. The van der Waals surface area contributed by atoms with Crippen LogP contribution in [0.2, 0.25) is 5.02 Å². The van der Waals surface area contributed by atoms with Crippen LogP contribution in [0.25, 0.3) is 0 Å². The summed E-state index contributed by atoms with van der Waals surface area (Å²) in [6, 6.07) is 11.8. The molecule has 0 aliphatic carbocycles. The normalized spacial score (nSPS) is 16.5. The molecule has 8 heteroatoms. The molecule has 0 unspecified atom stereocenters. The van der Waals surface area contributed by atoms with Crippen LogP contribution in [0, 0.1) is 11.7 Å². The first-order chi connectivity index (χ1) is 12.4. The third-order valence-electron chi connectivity index (χ3n) is 4.02. The molecule has 6 nitrogen and oxygen atoms in total. The Morgan fingerprint density at radius 1 is 1.12 bits per heavy atom. The van der Waals surface area contributed by atoms with Crippen molar-refractivity contribution in [3.8, 4) is 0 Å². The van der Waals surface area contributed by atoms with Crippen molar-refractivity contribution in [1.82, 2.24) is 10.9 Å². The molecule has 134 valence electrons. The first-order valence-corrected chi connectivity index (χ1v) is 8.23. The van der Waals surface area contributed by atoms with Crippen LogP contribution in [-0.2, 0) is 9.59 Å². The van der Waals surface area contributed by atoms with Crippen LogP contribution < -0.4 is 15.8 Å². The summed E-state index contributed by atoms with van der Waals surface area (Å²) in [5, 5.41) is 0.551. The molecule has 0 radical (unpaired) electrons. The molecule has 2 N–H and O–H groups in total. The molecule has 0 spiro atoms. The van der Waals surface area contributed by atoms with E-state index in [4.69, 9.17) is 11.6 Å². The van der Waals surface area contributed by atoms with Crippen LogP contribution in [0.3, 0.4) is 0 Å². The number of nitrogens with zero attached hydrogens (tertiary/aromatic N) is 1. The van der Waals surface area contributed by atoms with Gasteiger partial charge in [0.05, 0.1) is 5.92 Å². The number of carbonyl (C=O) groups is 3. The number of anilines is 1. The van der Waals surface area contributed by atoms with Gasteiger partial charge in [-0.1, -0.05) is 17.7 Å². The molecule has 0 bridgehead atoms. The van der Waals surface area contributed by atoms with Gasteiger partial charge in [-0.2, -0.15) is 0 Å². The molecule has 2 aromatic carbocycles. The van der Waals surface area contributed by atoms with E-state index in [1.807, 2.05) is 0 Å². The Bertz CT molecular complexity index is 857. The summed E-state index contributed by atoms with van der Waals surface area (Å²) in [5.74, 6) is -2.48. The Hall–Kier alpha value is -2.93. The lowest BCUT2D eigenvalue weighted by Gasteiger charge is -2.17. The quantitative estimate of drug-likeness (QED) is 0.808. The van der Waals surface area contributed by atoms with Gasteiger partial charge in [-0.25, -0.2) is 4.39 Å². The van der Waals surface area contributed by atoms with Gasteiger partial charge in [0.1, 0.15) is 5.82 Å². The van der Waals surface area contributed by atoms with Crippen LogP contribution in [0.15, 0.2) is 48.5 Å². The van der Waals surface area contributed by atoms with E-state index in [0.29, 0.717) is 10.7 Å². The Morgan fingerprint density at radius 2 is 1.85 bits per heavy atom. The number of carbonyl (C=O) groups excluding carboxylic acids is 3. The van der Waals surface area contributed by atoms with Crippen LogP contribution in [0.4, 0.5) is 10.1 Å². The van der Waals surface area contributed by atoms with Crippen molar-refractivity contribution in [2.45, 2.75) is 6.42 Å². The van der Waals surface area contributed by atoms with Crippen LogP contribution >= 0.6 is 11.6 Å². The largest absolute Gasteiger partial charge is 0.312 e. The number of nitrogens with one attached hydrogen (secondary N) is 2. The van der Waals surface area contributed by atoms with Crippen molar-refractivity contribution in [3.05, 3.63) is 64.9 Å². The molecule has 1 fully saturated rings. The smallest absolute Gasteiger partial charge is 0.269 e. The summed E-state index contributed by atoms with van der Waals surface area (Å²) in [6.45, 7) is 0.197. The lowest BCUT2D eigenvalue weighted by molar-refractivity contribution is -0.126.